The lowest BCUT2D eigenvalue weighted by Crippen LogP contribution is -2.21. The normalized spacial score (nSPS) is 20.7. The van der Waals surface area contributed by atoms with Gasteiger partial charge < -0.3 is 10.2 Å². The van der Waals surface area contributed by atoms with E-state index in [4.69, 9.17) is 0 Å². The van der Waals surface area contributed by atoms with Crippen LogP contribution in [0.25, 0.3) is 0 Å². The first-order chi connectivity index (χ1) is 10.2. The number of likely N-dealkylation sites (N-methyl/N-ethyl adjacent to an activating group) is 1. The molecule has 1 heterocycles. The maximum atomic E-state index is 11.8. The first-order valence-corrected chi connectivity index (χ1v) is 8.25. The summed E-state index contributed by atoms with van der Waals surface area (Å²) in [5.74, 6) is 1.06. The Kier molecular flexibility index (Phi) is 4.29. The van der Waals surface area contributed by atoms with Crippen molar-refractivity contribution in [1.29, 1.82) is 0 Å². The molecule has 21 heavy (non-hydrogen) atoms. The molecule has 1 amide bonds. The molecule has 1 unspecified atom stereocenters. The van der Waals surface area contributed by atoms with E-state index < -0.39 is 0 Å². The Labute approximate surface area is 127 Å². The molecule has 114 valence electrons. The first kappa shape index (κ1) is 14.6. The van der Waals surface area contributed by atoms with Crippen molar-refractivity contribution in [3.63, 3.8) is 0 Å². The van der Waals surface area contributed by atoms with Gasteiger partial charge in [0.1, 0.15) is 0 Å². The third-order valence-electron chi connectivity index (χ3n) is 5.23. The zero-order valence-corrected chi connectivity index (χ0v) is 13.2. The molecule has 0 radical (unpaired) electrons. The molecule has 0 saturated heterocycles. The monoisotopic (exact) mass is 286 g/mol. The zero-order valence-electron chi connectivity index (χ0n) is 13.2. The average Bonchev–Trinajstić information content (AvgIpc) is 2.80. The van der Waals surface area contributed by atoms with E-state index in [-0.39, 0.29) is 5.91 Å². The van der Waals surface area contributed by atoms with Crippen LogP contribution in [0.5, 0.6) is 0 Å². The number of nitrogens with one attached hydrogen (secondary N) is 1. The van der Waals surface area contributed by atoms with Crippen molar-refractivity contribution in [3.8, 4) is 0 Å². The van der Waals surface area contributed by atoms with Gasteiger partial charge in [0.05, 0.1) is 6.42 Å². The lowest BCUT2D eigenvalue weighted by atomic mass is 9.83. The zero-order chi connectivity index (χ0) is 14.8. The second kappa shape index (κ2) is 6.18. The molecule has 3 rings (SSSR count). The fourth-order valence-corrected chi connectivity index (χ4v) is 3.88. The number of hydrogen-bond donors (Lipinski definition) is 1. The third kappa shape index (κ3) is 2.98. The van der Waals surface area contributed by atoms with Gasteiger partial charge in [0.25, 0.3) is 0 Å². The molecule has 1 aromatic rings. The average molecular weight is 286 g/mol. The summed E-state index contributed by atoms with van der Waals surface area (Å²) in [5.41, 5.74) is 3.60. The van der Waals surface area contributed by atoms with Gasteiger partial charge in [-0.15, -0.1) is 0 Å². The van der Waals surface area contributed by atoms with Crippen LogP contribution >= 0.6 is 0 Å². The van der Waals surface area contributed by atoms with Gasteiger partial charge in [0.2, 0.25) is 5.91 Å². The molecule has 1 saturated carbocycles. The summed E-state index contributed by atoms with van der Waals surface area (Å²) in [6.07, 6.45) is 8.73. The number of fused-ring (bicyclic) bond motifs is 1. The smallest absolute Gasteiger partial charge is 0.231 e. The fraction of sp³-hybridized carbons (Fsp3) is 0.611. The van der Waals surface area contributed by atoms with Gasteiger partial charge in [-0.2, -0.15) is 0 Å². The fourth-order valence-electron chi connectivity index (χ4n) is 3.88. The number of nitrogens with zero attached hydrogens (tertiary/aromatic N) is 1. The Morgan fingerprint density at radius 2 is 2.05 bits per heavy atom. The summed E-state index contributed by atoms with van der Waals surface area (Å²) < 4.78 is 0. The molecule has 1 aliphatic heterocycles. The molecule has 3 nitrogen and oxygen atoms in total. The first-order valence-electron chi connectivity index (χ1n) is 8.25. The lowest BCUT2D eigenvalue weighted by Gasteiger charge is -2.27. The van der Waals surface area contributed by atoms with E-state index in [0.717, 1.165) is 11.6 Å². The summed E-state index contributed by atoms with van der Waals surface area (Å²) in [6.45, 7) is 0. The highest BCUT2D eigenvalue weighted by atomic mass is 16.2. The quantitative estimate of drug-likeness (QED) is 0.919. The van der Waals surface area contributed by atoms with Gasteiger partial charge in [-0.05, 0) is 36.6 Å². The number of hydrogen-bond acceptors (Lipinski definition) is 2. The molecule has 1 aliphatic carbocycles. The van der Waals surface area contributed by atoms with E-state index in [9.17, 15) is 4.79 Å². The highest BCUT2D eigenvalue weighted by Gasteiger charge is 2.26. The number of carbonyl (C=O) groups excluding carboxylic acids is 1. The van der Waals surface area contributed by atoms with Gasteiger partial charge in [0, 0.05) is 18.8 Å². The Hall–Kier alpha value is -1.35. The Balaban J connectivity index is 1.75. The maximum absolute atomic E-state index is 11.8. The molecule has 0 aromatic heterocycles. The van der Waals surface area contributed by atoms with Crippen molar-refractivity contribution in [2.24, 2.45) is 5.92 Å². The van der Waals surface area contributed by atoms with Crippen LogP contribution in [-0.4, -0.2) is 20.0 Å². The van der Waals surface area contributed by atoms with Crippen molar-refractivity contribution >= 4 is 11.6 Å². The molecule has 2 aliphatic rings. The minimum absolute atomic E-state index is 0.204. The summed E-state index contributed by atoms with van der Waals surface area (Å²) in [6, 6.07) is 6.96. The van der Waals surface area contributed by atoms with E-state index in [1.807, 2.05) is 7.05 Å². The molecule has 1 atom stereocenters. The largest absolute Gasteiger partial charge is 0.315 e. The Morgan fingerprint density at radius 1 is 1.29 bits per heavy atom. The van der Waals surface area contributed by atoms with Gasteiger partial charge in [0.15, 0.2) is 0 Å². The lowest BCUT2D eigenvalue weighted by molar-refractivity contribution is -0.117. The molecule has 0 spiro atoms. The SMILES string of the molecule is CNC(CC1CCCCC1)c1ccc2c(c1)CC(=O)N2C. The van der Waals surface area contributed by atoms with Crippen molar-refractivity contribution in [2.75, 3.05) is 19.0 Å². The van der Waals surface area contributed by atoms with Crippen LogP contribution in [0.3, 0.4) is 0 Å². The summed E-state index contributed by atoms with van der Waals surface area (Å²) in [4.78, 5) is 13.6. The Bertz CT molecular complexity index is 520. The van der Waals surface area contributed by atoms with Gasteiger partial charge >= 0.3 is 0 Å². The highest BCUT2D eigenvalue weighted by Crippen LogP contribution is 2.34. The maximum Gasteiger partial charge on any atom is 0.231 e. The molecule has 1 N–H and O–H groups in total. The summed E-state index contributed by atoms with van der Waals surface area (Å²) in [7, 11) is 3.92. The van der Waals surface area contributed by atoms with E-state index in [0.29, 0.717) is 12.5 Å². The van der Waals surface area contributed by atoms with Crippen LogP contribution in [0, 0.1) is 5.92 Å². The van der Waals surface area contributed by atoms with Crippen LogP contribution in [-0.2, 0) is 11.2 Å². The predicted octanol–water partition coefficient (Wildman–Crippen LogP) is 3.44. The number of benzene rings is 1. The molecular formula is C18H26N2O. The van der Waals surface area contributed by atoms with E-state index >= 15 is 0 Å². The van der Waals surface area contributed by atoms with Crippen LogP contribution < -0.4 is 10.2 Å². The molecular weight excluding hydrogens is 260 g/mol. The second-order valence-corrected chi connectivity index (χ2v) is 6.60. The molecule has 1 aromatic carbocycles. The van der Waals surface area contributed by atoms with Crippen LogP contribution in [0.1, 0.15) is 55.7 Å². The van der Waals surface area contributed by atoms with Crippen molar-refractivity contribution < 1.29 is 4.79 Å². The number of rotatable bonds is 4. The van der Waals surface area contributed by atoms with Crippen LogP contribution in [0.4, 0.5) is 5.69 Å². The molecule has 0 bridgehead atoms. The predicted molar refractivity (Wildman–Crippen MR) is 86.5 cm³/mol. The molecule has 3 heteroatoms. The van der Waals surface area contributed by atoms with Crippen molar-refractivity contribution in [2.45, 2.75) is 51.0 Å². The van der Waals surface area contributed by atoms with Crippen molar-refractivity contribution in [3.05, 3.63) is 29.3 Å². The number of carbonyl (C=O) groups is 1. The topological polar surface area (TPSA) is 32.3 Å². The summed E-state index contributed by atoms with van der Waals surface area (Å²) >= 11 is 0. The Morgan fingerprint density at radius 3 is 2.76 bits per heavy atom. The molecule has 1 fully saturated rings. The van der Waals surface area contributed by atoms with Gasteiger partial charge in [-0.1, -0.05) is 44.2 Å². The van der Waals surface area contributed by atoms with Crippen LogP contribution in [0.2, 0.25) is 0 Å². The standard InChI is InChI=1S/C18H26N2O/c1-19-16(10-13-6-4-3-5-7-13)14-8-9-17-15(11-14)12-18(21)20(17)2/h8-9,11,13,16,19H,3-7,10,12H2,1-2H3. The van der Waals surface area contributed by atoms with Gasteiger partial charge in [-0.3, -0.25) is 4.79 Å². The van der Waals surface area contributed by atoms with E-state index in [1.165, 1.54) is 49.7 Å². The second-order valence-electron chi connectivity index (χ2n) is 6.60. The minimum atomic E-state index is 0.204. The highest BCUT2D eigenvalue weighted by molar-refractivity contribution is 6.00. The van der Waals surface area contributed by atoms with E-state index in [2.05, 4.69) is 30.6 Å². The number of anilines is 1. The number of amides is 1. The van der Waals surface area contributed by atoms with Crippen molar-refractivity contribution in [1.82, 2.24) is 5.32 Å². The summed E-state index contributed by atoms with van der Waals surface area (Å²) in [5, 5.41) is 3.48. The van der Waals surface area contributed by atoms with E-state index in [1.54, 1.807) is 4.90 Å². The van der Waals surface area contributed by atoms with Crippen LogP contribution in [0.15, 0.2) is 18.2 Å². The third-order valence-corrected chi connectivity index (χ3v) is 5.23. The van der Waals surface area contributed by atoms with Gasteiger partial charge in [-0.25, -0.2) is 0 Å². The minimum Gasteiger partial charge on any atom is -0.315 e.